The number of hydrogen-bond acceptors (Lipinski definition) is 0. The first-order valence-corrected chi connectivity index (χ1v) is 23.4. The zero-order valence-electron chi connectivity index (χ0n) is 36.3. The maximum atomic E-state index is 14.0. The second-order valence-corrected chi connectivity index (χ2v) is 19.1. The van der Waals surface area contributed by atoms with Crippen LogP contribution in [-0.2, 0) is 0 Å². The molecule has 0 saturated heterocycles. The highest BCUT2D eigenvalue weighted by Crippen LogP contribution is 2.44. The smallest absolute Gasteiger partial charge is 0.166 e. The molecule has 0 spiro atoms. The Bertz CT molecular complexity index is 1810. The molecule has 0 amide bonds. The fraction of sp³-hybridized carbons (Fsp3) is 0.556. The van der Waals surface area contributed by atoms with Crippen molar-refractivity contribution in [1.29, 1.82) is 0 Å². The highest BCUT2D eigenvalue weighted by Gasteiger charge is 2.30. The van der Waals surface area contributed by atoms with Gasteiger partial charge in [0.25, 0.3) is 0 Å². The van der Waals surface area contributed by atoms with Gasteiger partial charge in [-0.1, -0.05) is 132 Å². The van der Waals surface area contributed by atoms with Gasteiger partial charge in [0.15, 0.2) is 34.9 Å². The van der Waals surface area contributed by atoms with Crippen LogP contribution in [0.2, 0.25) is 0 Å². The summed E-state index contributed by atoms with van der Waals surface area (Å²) >= 11 is 0. The van der Waals surface area contributed by atoms with Crippen molar-refractivity contribution < 1.29 is 26.3 Å². The van der Waals surface area contributed by atoms with E-state index in [1.165, 1.54) is 77.0 Å². The minimum Gasteiger partial charge on any atom is -0.203 e. The van der Waals surface area contributed by atoms with Crippen molar-refractivity contribution in [3.8, 4) is 0 Å². The SMILES string of the molecule is Cc1ccc(C2=CCC(C3CCCC3)CC2)c(F)c1F.Cc1ccc(C2=CCC(C3CCCC3)CC2)c(F)c1F.Cc1ccc(C2=CCC(C3CCCC3)CC2)c(F)c1F. The van der Waals surface area contributed by atoms with Crippen molar-refractivity contribution in [2.24, 2.45) is 35.5 Å². The lowest BCUT2D eigenvalue weighted by Crippen LogP contribution is -2.14. The predicted molar refractivity (Wildman–Crippen MR) is 235 cm³/mol. The van der Waals surface area contributed by atoms with Crippen molar-refractivity contribution in [1.82, 2.24) is 0 Å². The van der Waals surface area contributed by atoms with E-state index < -0.39 is 34.9 Å². The molecule has 3 fully saturated rings. The van der Waals surface area contributed by atoms with Gasteiger partial charge in [0, 0.05) is 16.7 Å². The fourth-order valence-electron chi connectivity index (χ4n) is 11.6. The number of aryl methyl sites for hydroxylation is 3. The van der Waals surface area contributed by atoms with Gasteiger partial charge in [-0.2, -0.15) is 0 Å². The van der Waals surface area contributed by atoms with Crippen LogP contribution in [0.3, 0.4) is 0 Å². The minimum atomic E-state index is -0.693. The van der Waals surface area contributed by atoms with Crippen LogP contribution in [0.5, 0.6) is 0 Å². The number of hydrogen-bond donors (Lipinski definition) is 0. The molecule has 0 N–H and O–H groups in total. The largest absolute Gasteiger partial charge is 0.203 e. The molecule has 0 nitrogen and oxygen atoms in total. The Morgan fingerprint density at radius 3 is 0.783 bits per heavy atom. The van der Waals surface area contributed by atoms with E-state index >= 15 is 0 Å². The fourth-order valence-corrected chi connectivity index (χ4v) is 11.6. The molecule has 3 aromatic carbocycles. The standard InChI is InChI=1S/3C18H22F2/c3*1-12-6-11-16(18(20)17(12)19)15-9-7-14(8-10-15)13-4-2-3-5-13/h3*6,9,11,13-14H,2-5,7-8,10H2,1H3. The molecular formula is C54H66F6. The lowest BCUT2D eigenvalue weighted by molar-refractivity contribution is 0.317. The molecule has 0 bridgehead atoms. The van der Waals surface area contributed by atoms with E-state index in [1.54, 1.807) is 57.2 Å². The molecule has 0 radical (unpaired) electrons. The van der Waals surface area contributed by atoms with E-state index in [0.717, 1.165) is 110 Å². The van der Waals surface area contributed by atoms with E-state index in [-0.39, 0.29) is 0 Å². The maximum absolute atomic E-state index is 14.0. The lowest BCUT2D eigenvalue weighted by atomic mass is 9.78. The van der Waals surface area contributed by atoms with E-state index in [1.807, 2.05) is 0 Å². The molecule has 6 aliphatic carbocycles. The molecule has 0 heterocycles. The Kier molecular flexibility index (Phi) is 15.2. The predicted octanol–water partition coefficient (Wildman–Crippen LogP) is 16.9. The first-order chi connectivity index (χ1) is 29.0. The lowest BCUT2D eigenvalue weighted by Gasteiger charge is -2.27. The summed E-state index contributed by atoms with van der Waals surface area (Å²) in [6, 6.07) is 10.2. The van der Waals surface area contributed by atoms with Gasteiger partial charge in [0.2, 0.25) is 0 Å². The number of allylic oxidation sites excluding steroid dienone is 6. The van der Waals surface area contributed by atoms with Gasteiger partial charge >= 0.3 is 0 Å². The highest BCUT2D eigenvalue weighted by atomic mass is 19.2. The molecule has 0 aliphatic heterocycles. The highest BCUT2D eigenvalue weighted by molar-refractivity contribution is 5.69. The van der Waals surface area contributed by atoms with Crippen LogP contribution in [0.4, 0.5) is 26.3 Å². The average Bonchev–Trinajstić information content (AvgIpc) is 4.11. The summed E-state index contributed by atoms with van der Waals surface area (Å²) in [5.41, 5.74) is 5.54. The number of rotatable bonds is 6. The van der Waals surface area contributed by atoms with Crippen LogP contribution in [0.25, 0.3) is 16.7 Å². The summed E-state index contributed by atoms with van der Waals surface area (Å²) in [6.45, 7) is 4.81. The summed E-state index contributed by atoms with van der Waals surface area (Å²) in [5.74, 6) is 0.802. The minimum absolute atomic E-state index is 0.381. The normalized spacial score (nSPS) is 23.9. The van der Waals surface area contributed by atoms with Crippen LogP contribution in [0, 0.1) is 91.2 Å². The van der Waals surface area contributed by atoms with Gasteiger partial charge in [-0.15, -0.1) is 0 Å². The monoisotopic (exact) mass is 829 g/mol. The third kappa shape index (κ3) is 10.4. The summed E-state index contributed by atoms with van der Waals surface area (Å²) in [6.07, 6.45) is 32.0. The molecule has 9 rings (SSSR count). The first kappa shape index (κ1) is 44.5. The van der Waals surface area contributed by atoms with Gasteiger partial charge < -0.3 is 0 Å². The van der Waals surface area contributed by atoms with Gasteiger partial charge in [-0.3, -0.25) is 0 Å². The Morgan fingerprint density at radius 2 is 0.567 bits per heavy atom. The molecule has 3 saturated carbocycles. The van der Waals surface area contributed by atoms with Crippen molar-refractivity contribution >= 4 is 16.7 Å². The Hall–Kier alpha value is -3.54. The van der Waals surface area contributed by atoms with Crippen molar-refractivity contribution in [2.45, 2.75) is 156 Å². The van der Waals surface area contributed by atoms with E-state index in [2.05, 4.69) is 18.2 Å². The molecule has 3 unspecified atom stereocenters. The average molecular weight is 829 g/mol. The third-order valence-electron chi connectivity index (χ3n) is 15.4. The zero-order chi connectivity index (χ0) is 42.3. The Balaban J connectivity index is 0.000000136. The molecule has 3 atom stereocenters. The van der Waals surface area contributed by atoms with Crippen LogP contribution in [0.15, 0.2) is 54.6 Å². The summed E-state index contributed by atoms with van der Waals surface area (Å²) in [7, 11) is 0. The van der Waals surface area contributed by atoms with Crippen molar-refractivity contribution in [2.75, 3.05) is 0 Å². The van der Waals surface area contributed by atoms with E-state index in [9.17, 15) is 26.3 Å². The van der Waals surface area contributed by atoms with E-state index in [4.69, 9.17) is 0 Å². The molecule has 0 aromatic heterocycles. The number of halogens is 6. The van der Waals surface area contributed by atoms with Crippen molar-refractivity contribution in [3.05, 3.63) is 123 Å². The van der Waals surface area contributed by atoms with Gasteiger partial charge in [0.1, 0.15) is 0 Å². The van der Waals surface area contributed by atoms with E-state index in [0.29, 0.717) is 33.4 Å². The molecule has 6 aliphatic rings. The quantitative estimate of drug-likeness (QED) is 0.217. The summed E-state index contributed by atoms with van der Waals surface area (Å²) < 4.78 is 83.1. The van der Waals surface area contributed by atoms with Crippen LogP contribution >= 0.6 is 0 Å². The van der Waals surface area contributed by atoms with Gasteiger partial charge in [-0.25, -0.2) is 26.3 Å². The van der Waals surface area contributed by atoms with Gasteiger partial charge in [-0.05, 0) is 147 Å². The molecule has 6 heteroatoms. The second kappa shape index (κ2) is 20.6. The Labute approximate surface area is 356 Å². The summed E-state index contributed by atoms with van der Waals surface area (Å²) in [5, 5.41) is 0. The first-order valence-electron chi connectivity index (χ1n) is 23.4. The molecular weight excluding hydrogens is 763 g/mol. The zero-order valence-corrected chi connectivity index (χ0v) is 36.3. The third-order valence-corrected chi connectivity index (χ3v) is 15.4. The molecule has 324 valence electrons. The van der Waals surface area contributed by atoms with Crippen LogP contribution in [-0.4, -0.2) is 0 Å². The van der Waals surface area contributed by atoms with Crippen LogP contribution in [0.1, 0.15) is 168 Å². The molecule has 3 aromatic rings. The maximum Gasteiger partial charge on any atom is 0.166 e. The Morgan fingerprint density at radius 1 is 0.317 bits per heavy atom. The number of benzene rings is 3. The molecule has 60 heavy (non-hydrogen) atoms. The summed E-state index contributed by atoms with van der Waals surface area (Å²) in [4.78, 5) is 0. The second-order valence-electron chi connectivity index (χ2n) is 19.1. The van der Waals surface area contributed by atoms with Crippen LogP contribution < -0.4 is 0 Å². The van der Waals surface area contributed by atoms with Gasteiger partial charge in [0.05, 0.1) is 0 Å². The topological polar surface area (TPSA) is 0 Å². The van der Waals surface area contributed by atoms with Crippen molar-refractivity contribution in [3.63, 3.8) is 0 Å².